The molecule has 0 aromatic rings. The maximum Gasteiger partial charge on any atom is 0.321 e. The molecular formula is C11H20O4. The second kappa shape index (κ2) is 5.73. The number of hydrogen-bond acceptors (Lipinski definition) is 2. The summed E-state index contributed by atoms with van der Waals surface area (Å²) >= 11 is 0. The van der Waals surface area contributed by atoms with E-state index in [4.69, 9.17) is 10.2 Å². The van der Waals surface area contributed by atoms with Gasteiger partial charge in [0.05, 0.1) is 0 Å². The molecule has 4 heteroatoms. The molecule has 0 rings (SSSR count). The van der Waals surface area contributed by atoms with Crippen LogP contribution in [0.25, 0.3) is 0 Å². The van der Waals surface area contributed by atoms with Crippen molar-refractivity contribution in [2.45, 2.75) is 46.5 Å². The van der Waals surface area contributed by atoms with Crippen LogP contribution in [0.4, 0.5) is 0 Å². The third-order valence-electron chi connectivity index (χ3n) is 2.64. The molecule has 15 heavy (non-hydrogen) atoms. The number of carboxylic acid groups (broad SMARTS) is 2. The van der Waals surface area contributed by atoms with Crippen LogP contribution < -0.4 is 0 Å². The average Bonchev–Trinajstić information content (AvgIpc) is 2.10. The summed E-state index contributed by atoms with van der Waals surface area (Å²) in [5.41, 5.74) is -1.58. The summed E-state index contributed by atoms with van der Waals surface area (Å²) < 4.78 is 0. The summed E-state index contributed by atoms with van der Waals surface area (Å²) in [6.45, 7) is 5.72. The lowest BCUT2D eigenvalue weighted by Gasteiger charge is -2.25. The summed E-state index contributed by atoms with van der Waals surface area (Å²) in [5.74, 6) is -2.10. The van der Waals surface area contributed by atoms with Crippen molar-refractivity contribution in [1.29, 1.82) is 0 Å². The van der Waals surface area contributed by atoms with Gasteiger partial charge in [0.2, 0.25) is 0 Å². The summed E-state index contributed by atoms with van der Waals surface area (Å²) in [6, 6.07) is 0. The molecule has 0 saturated heterocycles. The van der Waals surface area contributed by atoms with E-state index in [1.165, 1.54) is 0 Å². The van der Waals surface area contributed by atoms with Gasteiger partial charge < -0.3 is 10.2 Å². The molecule has 0 aliphatic carbocycles. The van der Waals surface area contributed by atoms with Gasteiger partial charge in [0.25, 0.3) is 0 Å². The summed E-state index contributed by atoms with van der Waals surface area (Å²) in [4.78, 5) is 22.2. The van der Waals surface area contributed by atoms with Crippen molar-refractivity contribution < 1.29 is 19.8 Å². The first-order chi connectivity index (χ1) is 6.86. The smallest absolute Gasteiger partial charge is 0.321 e. The van der Waals surface area contributed by atoms with E-state index in [2.05, 4.69) is 0 Å². The van der Waals surface area contributed by atoms with Gasteiger partial charge in [-0.3, -0.25) is 9.59 Å². The molecule has 0 atom stereocenters. The maximum absolute atomic E-state index is 11.1. The van der Waals surface area contributed by atoms with Gasteiger partial charge in [-0.15, -0.1) is 0 Å². The Morgan fingerprint density at radius 3 is 1.87 bits per heavy atom. The van der Waals surface area contributed by atoms with Crippen LogP contribution in [0.2, 0.25) is 0 Å². The van der Waals surface area contributed by atoms with E-state index in [-0.39, 0.29) is 12.8 Å². The highest BCUT2D eigenvalue weighted by Crippen LogP contribution is 2.32. The molecule has 4 nitrogen and oxygen atoms in total. The average molecular weight is 216 g/mol. The van der Waals surface area contributed by atoms with Crippen molar-refractivity contribution >= 4 is 11.9 Å². The van der Waals surface area contributed by atoms with Crippen LogP contribution in [0.15, 0.2) is 0 Å². The molecule has 0 saturated carbocycles. The van der Waals surface area contributed by atoms with Crippen LogP contribution >= 0.6 is 0 Å². The lowest BCUT2D eigenvalue weighted by molar-refractivity contribution is -0.166. The van der Waals surface area contributed by atoms with Crippen molar-refractivity contribution in [3.05, 3.63) is 0 Å². The van der Waals surface area contributed by atoms with E-state index in [1.807, 2.05) is 13.8 Å². The van der Waals surface area contributed by atoms with Gasteiger partial charge in [0.1, 0.15) is 0 Å². The number of aliphatic carboxylic acids is 2. The highest BCUT2D eigenvalue weighted by Gasteiger charge is 2.45. The van der Waals surface area contributed by atoms with E-state index >= 15 is 0 Å². The van der Waals surface area contributed by atoms with Gasteiger partial charge in [-0.2, -0.15) is 0 Å². The van der Waals surface area contributed by atoms with Crippen molar-refractivity contribution in [1.82, 2.24) is 0 Å². The Kier molecular flexibility index (Phi) is 5.33. The molecule has 0 bridgehead atoms. The molecule has 0 aliphatic heterocycles. The number of carboxylic acids is 2. The van der Waals surface area contributed by atoms with E-state index in [9.17, 15) is 9.59 Å². The first-order valence-electron chi connectivity index (χ1n) is 5.33. The summed E-state index contributed by atoms with van der Waals surface area (Å²) in [6.07, 6.45) is 1.60. The minimum absolute atomic E-state index is 0.199. The maximum atomic E-state index is 11.1. The second-order valence-electron chi connectivity index (χ2n) is 4.37. The minimum Gasteiger partial charge on any atom is -0.480 e. The third-order valence-corrected chi connectivity index (χ3v) is 2.64. The molecule has 0 aromatic carbocycles. The van der Waals surface area contributed by atoms with Gasteiger partial charge in [0, 0.05) is 0 Å². The SMILES string of the molecule is CCCC(CCC(C)C)(C(=O)O)C(=O)O. The Bertz CT molecular complexity index is 219. The monoisotopic (exact) mass is 216 g/mol. The zero-order valence-corrected chi connectivity index (χ0v) is 9.62. The van der Waals surface area contributed by atoms with E-state index in [1.54, 1.807) is 6.92 Å². The van der Waals surface area contributed by atoms with Gasteiger partial charge >= 0.3 is 11.9 Å². The molecule has 0 heterocycles. The quantitative estimate of drug-likeness (QED) is 0.641. The van der Waals surface area contributed by atoms with Crippen LogP contribution in [-0.4, -0.2) is 22.2 Å². The number of carbonyl (C=O) groups is 2. The zero-order chi connectivity index (χ0) is 12.1. The van der Waals surface area contributed by atoms with Gasteiger partial charge in [-0.05, 0) is 25.2 Å². The first-order valence-corrected chi connectivity index (χ1v) is 5.33. The Balaban J connectivity index is 4.79. The van der Waals surface area contributed by atoms with Crippen molar-refractivity contribution in [2.75, 3.05) is 0 Å². The fraction of sp³-hybridized carbons (Fsp3) is 0.818. The number of rotatable bonds is 7. The van der Waals surface area contributed by atoms with Crippen molar-refractivity contribution in [2.24, 2.45) is 11.3 Å². The minimum atomic E-state index is -1.58. The lowest BCUT2D eigenvalue weighted by atomic mass is 9.78. The van der Waals surface area contributed by atoms with Crippen LogP contribution in [0, 0.1) is 11.3 Å². The highest BCUT2D eigenvalue weighted by atomic mass is 16.4. The topological polar surface area (TPSA) is 74.6 Å². The molecule has 2 N–H and O–H groups in total. The highest BCUT2D eigenvalue weighted by molar-refractivity contribution is 5.98. The van der Waals surface area contributed by atoms with Gasteiger partial charge in [-0.1, -0.05) is 27.2 Å². The Morgan fingerprint density at radius 2 is 1.60 bits per heavy atom. The normalized spacial score (nSPS) is 11.7. The van der Waals surface area contributed by atoms with Crippen LogP contribution in [0.1, 0.15) is 46.5 Å². The Hall–Kier alpha value is -1.06. The predicted molar refractivity (Wildman–Crippen MR) is 56.7 cm³/mol. The molecule has 0 aliphatic rings. The fourth-order valence-electron chi connectivity index (χ4n) is 1.61. The molecule has 0 unspecified atom stereocenters. The summed E-state index contributed by atoms with van der Waals surface area (Å²) in [7, 11) is 0. The van der Waals surface area contributed by atoms with Crippen LogP contribution in [-0.2, 0) is 9.59 Å². The first kappa shape index (κ1) is 13.9. The van der Waals surface area contributed by atoms with E-state index in [0.717, 1.165) is 0 Å². The lowest BCUT2D eigenvalue weighted by Crippen LogP contribution is -2.39. The van der Waals surface area contributed by atoms with E-state index < -0.39 is 17.4 Å². The largest absolute Gasteiger partial charge is 0.480 e. The molecule has 0 aromatic heterocycles. The fourth-order valence-corrected chi connectivity index (χ4v) is 1.61. The molecule has 0 fully saturated rings. The van der Waals surface area contributed by atoms with Crippen molar-refractivity contribution in [3.63, 3.8) is 0 Å². The van der Waals surface area contributed by atoms with E-state index in [0.29, 0.717) is 18.8 Å². The Labute approximate surface area is 90.3 Å². The van der Waals surface area contributed by atoms with Crippen molar-refractivity contribution in [3.8, 4) is 0 Å². The standard InChI is InChI=1S/C11H20O4/c1-4-6-11(9(12)13,10(14)15)7-5-8(2)3/h8H,4-7H2,1-3H3,(H,12,13)(H,14,15). The van der Waals surface area contributed by atoms with Crippen LogP contribution in [0.5, 0.6) is 0 Å². The molecule has 88 valence electrons. The zero-order valence-electron chi connectivity index (χ0n) is 9.62. The Morgan fingerprint density at radius 1 is 1.13 bits per heavy atom. The van der Waals surface area contributed by atoms with Gasteiger partial charge in [0.15, 0.2) is 5.41 Å². The number of hydrogen-bond donors (Lipinski definition) is 2. The third kappa shape index (κ3) is 3.53. The second-order valence-corrected chi connectivity index (χ2v) is 4.37. The molecule has 0 spiro atoms. The predicted octanol–water partition coefficient (Wildman–Crippen LogP) is 2.38. The summed E-state index contributed by atoms with van der Waals surface area (Å²) in [5, 5.41) is 18.1. The molecular weight excluding hydrogens is 196 g/mol. The molecule has 0 radical (unpaired) electrons. The van der Waals surface area contributed by atoms with Gasteiger partial charge in [-0.25, -0.2) is 0 Å². The molecule has 0 amide bonds. The van der Waals surface area contributed by atoms with Crippen LogP contribution in [0.3, 0.4) is 0 Å².